The van der Waals surface area contributed by atoms with Gasteiger partial charge in [-0.1, -0.05) is 46.5 Å². The van der Waals surface area contributed by atoms with Gasteiger partial charge in [0.25, 0.3) is 0 Å². The van der Waals surface area contributed by atoms with Gasteiger partial charge in [-0.25, -0.2) is 0 Å². The molecule has 0 bridgehead atoms. The summed E-state index contributed by atoms with van der Waals surface area (Å²) in [6, 6.07) is 0.659. The molecule has 0 aromatic rings. The van der Waals surface area contributed by atoms with E-state index in [4.69, 9.17) is 4.74 Å². The predicted molar refractivity (Wildman–Crippen MR) is 81.3 cm³/mol. The van der Waals surface area contributed by atoms with E-state index in [9.17, 15) is 0 Å². The molecular weight excluding hydrogens is 234 g/mol. The van der Waals surface area contributed by atoms with Crippen molar-refractivity contribution in [2.45, 2.75) is 78.4 Å². The Morgan fingerprint density at radius 3 is 2.42 bits per heavy atom. The smallest absolute Gasteiger partial charge is 0.0655 e. The van der Waals surface area contributed by atoms with Gasteiger partial charge >= 0.3 is 0 Å². The van der Waals surface area contributed by atoms with Gasteiger partial charge in [-0.15, -0.1) is 0 Å². The minimum Gasteiger partial charge on any atom is -0.378 e. The predicted octanol–water partition coefficient (Wildman–Crippen LogP) is 4.00. The second kappa shape index (κ2) is 6.58. The largest absolute Gasteiger partial charge is 0.378 e. The molecule has 0 aromatic carbocycles. The summed E-state index contributed by atoms with van der Waals surface area (Å²) in [7, 11) is 0. The van der Waals surface area contributed by atoms with Gasteiger partial charge in [0, 0.05) is 18.1 Å². The maximum absolute atomic E-state index is 5.79. The number of hydrogen-bond donors (Lipinski definition) is 1. The molecule has 0 aromatic heterocycles. The van der Waals surface area contributed by atoms with Gasteiger partial charge in [-0.2, -0.15) is 0 Å². The Labute approximate surface area is 119 Å². The van der Waals surface area contributed by atoms with Gasteiger partial charge < -0.3 is 10.1 Å². The SMILES string of the molecule is CCOC1CC(NCCC2CCC(C)CC2)C1(C)C. The fraction of sp³-hybridized carbons (Fsp3) is 1.00. The summed E-state index contributed by atoms with van der Waals surface area (Å²) in [6.07, 6.45) is 8.85. The molecule has 0 amide bonds. The van der Waals surface area contributed by atoms with E-state index in [1.165, 1.54) is 45.1 Å². The molecule has 19 heavy (non-hydrogen) atoms. The summed E-state index contributed by atoms with van der Waals surface area (Å²) in [5, 5.41) is 3.78. The maximum atomic E-state index is 5.79. The van der Waals surface area contributed by atoms with E-state index in [2.05, 4.69) is 33.0 Å². The third-order valence-corrected chi connectivity index (χ3v) is 5.62. The van der Waals surface area contributed by atoms with Gasteiger partial charge in [0.15, 0.2) is 0 Å². The van der Waals surface area contributed by atoms with Crippen LogP contribution in [0.4, 0.5) is 0 Å². The van der Waals surface area contributed by atoms with Gasteiger partial charge in [0.1, 0.15) is 0 Å². The fourth-order valence-corrected chi connectivity index (χ4v) is 3.80. The summed E-state index contributed by atoms with van der Waals surface area (Å²) in [4.78, 5) is 0. The molecule has 0 saturated heterocycles. The Balaban J connectivity index is 1.62. The average molecular weight is 267 g/mol. The van der Waals surface area contributed by atoms with Crippen molar-refractivity contribution in [3.05, 3.63) is 0 Å². The van der Waals surface area contributed by atoms with Crippen molar-refractivity contribution in [2.24, 2.45) is 17.3 Å². The topological polar surface area (TPSA) is 21.3 Å². The molecule has 2 rings (SSSR count). The quantitative estimate of drug-likeness (QED) is 0.785. The van der Waals surface area contributed by atoms with Crippen LogP contribution in [0.3, 0.4) is 0 Å². The van der Waals surface area contributed by atoms with Crippen molar-refractivity contribution in [2.75, 3.05) is 13.2 Å². The Morgan fingerprint density at radius 1 is 1.16 bits per heavy atom. The average Bonchev–Trinajstić information content (AvgIpc) is 2.39. The molecule has 2 nitrogen and oxygen atoms in total. The summed E-state index contributed by atoms with van der Waals surface area (Å²) in [5.41, 5.74) is 0.317. The molecule has 0 spiro atoms. The summed E-state index contributed by atoms with van der Waals surface area (Å²) in [6.45, 7) is 11.2. The zero-order valence-electron chi connectivity index (χ0n) is 13.4. The first-order valence-electron chi connectivity index (χ1n) is 8.39. The molecule has 2 fully saturated rings. The van der Waals surface area contributed by atoms with Gasteiger partial charge in [-0.05, 0) is 38.1 Å². The number of ether oxygens (including phenoxy) is 1. The lowest BCUT2D eigenvalue weighted by atomic mass is 9.64. The molecule has 2 heteroatoms. The van der Waals surface area contributed by atoms with Crippen LogP contribution < -0.4 is 5.32 Å². The second-order valence-electron chi connectivity index (χ2n) is 7.42. The van der Waals surface area contributed by atoms with Crippen LogP contribution in [0.1, 0.15) is 66.2 Å². The molecule has 2 unspecified atom stereocenters. The molecule has 2 saturated carbocycles. The van der Waals surface area contributed by atoms with E-state index >= 15 is 0 Å². The van der Waals surface area contributed by atoms with Crippen LogP contribution in [-0.4, -0.2) is 25.3 Å². The number of hydrogen-bond acceptors (Lipinski definition) is 2. The Hall–Kier alpha value is -0.0800. The van der Waals surface area contributed by atoms with Gasteiger partial charge in [-0.3, -0.25) is 0 Å². The highest BCUT2D eigenvalue weighted by Gasteiger charge is 2.48. The van der Waals surface area contributed by atoms with Crippen LogP contribution in [0.2, 0.25) is 0 Å². The summed E-state index contributed by atoms with van der Waals surface area (Å²) >= 11 is 0. The third kappa shape index (κ3) is 3.72. The molecular formula is C17H33NO. The highest BCUT2D eigenvalue weighted by molar-refractivity contribution is 5.02. The standard InChI is InChI=1S/C17H33NO/c1-5-19-16-12-15(17(16,3)4)18-11-10-14-8-6-13(2)7-9-14/h13-16,18H,5-12H2,1-4H3. The zero-order chi connectivity index (χ0) is 13.9. The van der Waals surface area contributed by atoms with Crippen LogP contribution in [0.25, 0.3) is 0 Å². The first-order valence-corrected chi connectivity index (χ1v) is 8.39. The molecule has 0 heterocycles. The third-order valence-electron chi connectivity index (χ3n) is 5.62. The minimum atomic E-state index is 0.317. The van der Waals surface area contributed by atoms with Crippen LogP contribution in [0.5, 0.6) is 0 Å². The zero-order valence-corrected chi connectivity index (χ0v) is 13.4. The Morgan fingerprint density at radius 2 is 1.84 bits per heavy atom. The fourth-order valence-electron chi connectivity index (χ4n) is 3.80. The van der Waals surface area contributed by atoms with Crippen LogP contribution in [0, 0.1) is 17.3 Å². The summed E-state index contributed by atoms with van der Waals surface area (Å²) in [5.74, 6) is 1.95. The van der Waals surface area contributed by atoms with Gasteiger partial charge in [0.2, 0.25) is 0 Å². The molecule has 2 aliphatic rings. The Kier molecular flexibility index (Phi) is 5.30. The highest BCUT2D eigenvalue weighted by Crippen LogP contribution is 2.42. The monoisotopic (exact) mass is 267 g/mol. The van der Waals surface area contributed by atoms with E-state index < -0.39 is 0 Å². The van der Waals surface area contributed by atoms with E-state index in [-0.39, 0.29) is 0 Å². The summed E-state index contributed by atoms with van der Waals surface area (Å²) < 4.78 is 5.79. The normalized spacial score (nSPS) is 37.9. The maximum Gasteiger partial charge on any atom is 0.0655 e. The highest BCUT2D eigenvalue weighted by atomic mass is 16.5. The lowest BCUT2D eigenvalue weighted by Gasteiger charge is -2.52. The molecule has 0 aliphatic heterocycles. The lowest BCUT2D eigenvalue weighted by Crippen LogP contribution is -2.61. The molecule has 2 aliphatic carbocycles. The van der Waals surface area contributed by atoms with Crippen LogP contribution >= 0.6 is 0 Å². The number of rotatable bonds is 6. The van der Waals surface area contributed by atoms with Crippen LogP contribution in [0.15, 0.2) is 0 Å². The van der Waals surface area contributed by atoms with Crippen molar-refractivity contribution in [3.63, 3.8) is 0 Å². The van der Waals surface area contributed by atoms with Crippen LogP contribution in [-0.2, 0) is 4.74 Å². The van der Waals surface area contributed by atoms with E-state index in [1.807, 2.05) is 0 Å². The van der Waals surface area contributed by atoms with Crippen molar-refractivity contribution in [1.29, 1.82) is 0 Å². The molecule has 1 N–H and O–H groups in total. The van der Waals surface area contributed by atoms with E-state index in [0.717, 1.165) is 18.4 Å². The van der Waals surface area contributed by atoms with Gasteiger partial charge in [0.05, 0.1) is 6.10 Å². The van der Waals surface area contributed by atoms with Crippen molar-refractivity contribution < 1.29 is 4.74 Å². The lowest BCUT2D eigenvalue weighted by molar-refractivity contribution is -0.114. The van der Waals surface area contributed by atoms with Crippen molar-refractivity contribution in [1.82, 2.24) is 5.32 Å². The van der Waals surface area contributed by atoms with E-state index in [0.29, 0.717) is 17.6 Å². The van der Waals surface area contributed by atoms with Crippen molar-refractivity contribution >= 4 is 0 Å². The van der Waals surface area contributed by atoms with E-state index in [1.54, 1.807) is 0 Å². The molecule has 2 atom stereocenters. The first-order chi connectivity index (χ1) is 9.04. The first kappa shape index (κ1) is 15.3. The Bertz CT molecular complexity index is 268. The second-order valence-corrected chi connectivity index (χ2v) is 7.42. The molecule has 112 valence electrons. The number of nitrogens with one attached hydrogen (secondary N) is 1. The minimum absolute atomic E-state index is 0.317. The van der Waals surface area contributed by atoms with Crippen molar-refractivity contribution in [3.8, 4) is 0 Å². The molecule has 0 radical (unpaired) electrons.